The molecule has 0 aliphatic heterocycles. The SMILES string of the molecule is O=C(COC(=O)C1(c2ccccc2)CCC1)Nc1ccccc1[N+](=O)[O-]. The number of ether oxygens (including phenoxy) is 1. The number of rotatable bonds is 6. The third-order valence-corrected chi connectivity index (χ3v) is 4.63. The number of nitro groups is 1. The van der Waals surface area contributed by atoms with Crippen molar-refractivity contribution in [2.75, 3.05) is 11.9 Å². The number of benzene rings is 2. The van der Waals surface area contributed by atoms with Gasteiger partial charge < -0.3 is 10.1 Å². The zero-order valence-electron chi connectivity index (χ0n) is 14.0. The second kappa shape index (κ2) is 7.35. The minimum Gasteiger partial charge on any atom is -0.455 e. The summed E-state index contributed by atoms with van der Waals surface area (Å²) in [4.78, 5) is 35.0. The van der Waals surface area contributed by atoms with Crippen molar-refractivity contribution in [3.8, 4) is 0 Å². The molecule has 0 atom stereocenters. The summed E-state index contributed by atoms with van der Waals surface area (Å²) in [7, 11) is 0. The number of para-hydroxylation sites is 2. The second-order valence-corrected chi connectivity index (χ2v) is 6.20. The summed E-state index contributed by atoms with van der Waals surface area (Å²) in [6.45, 7) is -0.487. The van der Waals surface area contributed by atoms with Crippen LogP contribution in [0.3, 0.4) is 0 Å². The number of esters is 1. The first-order valence-corrected chi connectivity index (χ1v) is 8.29. The zero-order chi connectivity index (χ0) is 18.6. The molecule has 1 amide bonds. The van der Waals surface area contributed by atoms with E-state index in [1.807, 2.05) is 30.3 Å². The number of amides is 1. The van der Waals surface area contributed by atoms with Crippen molar-refractivity contribution in [1.29, 1.82) is 0 Å². The van der Waals surface area contributed by atoms with Crippen LogP contribution in [0.25, 0.3) is 0 Å². The lowest BCUT2D eigenvalue weighted by molar-refractivity contribution is -0.383. The Morgan fingerprint density at radius 2 is 1.73 bits per heavy atom. The van der Waals surface area contributed by atoms with Crippen molar-refractivity contribution in [3.05, 3.63) is 70.3 Å². The van der Waals surface area contributed by atoms with E-state index in [9.17, 15) is 19.7 Å². The van der Waals surface area contributed by atoms with Crippen LogP contribution in [0.15, 0.2) is 54.6 Å². The fraction of sp³-hybridized carbons (Fsp3) is 0.263. The molecule has 1 saturated carbocycles. The van der Waals surface area contributed by atoms with E-state index in [0.717, 1.165) is 12.0 Å². The third kappa shape index (κ3) is 3.42. The van der Waals surface area contributed by atoms with Crippen molar-refractivity contribution >= 4 is 23.3 Å². The van der Waals surface area contributed by atoms with E-state index < -0.39 is 28.8 Å². The highest BCUT2D eigenvalue weighted by Gasteiger charge is 2.47. The Morgan fingerprint density at radius 1 is 1.08 bits per heavy atom. The highest BCUT2D eigenvalue weighted by Crippen LogP contribution is 2.44. The molecular formula is C19H18N2O5. The molecule has 2 aromatic carbocycles. The average Bonchev–Trinajstić information content (AvgIpc) is 2.60. The van der Waals surface area contributed by atoms with Gasteiger partial charge in [-0.2, -0.15) is 0 Å². The Labute approximate surface area is 150 Å². The standard InChI is InChI=1S/C19H18N2O5/c22-17(20-15-9-4-5-10-16(15)21(24)25)13-26-18(23)19(11-6-12-19)14-7-2-1-3-8-14/h1-5,7-10H,6,11-13H2,(H,20,22). The Morgan fingerprint density at radius 3 is 2.35 bits per heavy atom. The minimum absolute atomic E-state index is 0.0694. The van der Waals surface area contributed by atoms with E-state index in [4.69, 9.17) is 4.74 Å². The lowest BCUT2D eigenvalue weighted by atomic mass is 9.64. The maximum atomic E-state index is 12.6. The lowest BCUT2D eigenvalue weighted by Crippen LogP contribution is -2.44. The summed E-state index contributed by atoms with van der Waals surface area (Å²) < 4.78 is 5.22. The molecule has 7 nitrogen and oxygen atoms in total. The lowest BCUT2D eigenvalue weighted by Gasteiger charge is -2.39. The van der Waals surface area contributed by atoms with Crippen molar-refractivity contribution in [2.45, 2.75) is 24.7 Å². The highest BCUT2D eigenvalue weighted by molar-refractivity contribution is 5.95. The summed E-state index contributed by atoms with van der Waals surface area (Å²) >= 11 is 0. The largest absolute Gasteiger partial charge is 0.455 e. The summed E-state index contributed by atoms with van der Waals surface area (Å²) in [6, 6.07) is 15.2. The number of nitrogens with one attached hydrogen (secondary N) is 1. The first-order chi connectivity index (χ1) is 12.5. The molecule has 0 saturated heterocycles. The van der Waals surface area contributed by atoms with Gasteiger partial charge in [-0.05, 0) is 24.5 Å². The molecule has 2 aromatic rings. The van der Waals surface area contributed by atoms with Gasteiger partial charge in [-0.1, -0.05) is 48.9 Å². The average molecular weight is 354 g/mol. The van der Waals surface area contributed by atoms with E-state index in [0.29, 0.717) is 12.8 Å². The van der Waals surface area contributed by atoms with Crippen molar-refractivity contribution in [2.24, 2.45) is 0 Å². The van der Waals surface area contributed by atoms with Crippen LogP contribution in [-0.4, -0.2) is 23.4 Å². The topological polar surface area (TPSA) is 98.5 Å². The number of nitro benzene ring substituents is 1. The van der Waals surface area contributed by atoms with Gasteiger partial charge in [0.1, 0.15) is 5.69 Å². The van der Waals surface area contributed by atoms with Gasteiger partial charge in [-0.3, -0.25) is 19.7 Å². The number of hydrogen-bond acceptors (Lipinski definition) is 5. The van der Waals surface area contributed by atoms with Gasteiger partial charge in [0, 0.05) is 6.07 Å². The first-order valence-electron chi connectivity index (χ1n) is 8.29. The quantitative estimate of drug-likeness (QED) is 0.488. The Kier molecular flexibility index (Phi) is 4.97. The highest BCUT2D eigenvalue weighted by atomic mass is 16.6. The van der Waals surface area contributed by atoms with Gasteiger partial charge in [0.15, 0.2) is 6.61 Å². The number of carbonyl (C=O) groups excluding carboxylic acids is 2. The molecule has 0 spiro atoms. The van der Waals surface area contributed by atoms with Crippen LogP contribution < -0.4 is 5.32 Å². The van der Waals surface area contributed by atoms with Crippen LogP contribution in [0.1, 0.15) is 24.8 Å². The molecule has 134 valence electrons. The molecule has 1 aliphatic carbocycles. The van der Waals surface area contributed by atoms with E-state index >= 15 is 0 Å². The summed E-state index contributed by atoms with van der Waals surface area (Å²) in [5.74, 6) is -1.05. The molecular weight excluding hydrogens is 336 g/mol. The fourth-order valence-electron chi connectivity index (χ4n) is 3.09. The van der Waals surface area contributed by atoms with Crippen molar-refractivity contribution in [1.82, 2.24) is 0 Å². The second-order valence-electron chi connectivity index (χ2n) is 6.20. The Balaban J connectivity index is 1.63. The van der Waals surface area contributed by atoms with Gasteiger partial charge in [0.25, 0.3) is 11.6 Å². The van der Waals surface area contributed by atoms with E-state index in [1.54, 1.807) is 6.07 Å². The van der Waals surface area contributed by atoms with Gasteiger partial charge >= 0.3 is 5.97 Å². The van der Waals surface area contributed by atoms with Crippen LogP contribution in [0, 0.1) is 10.1 Å². The predicted octanol–water partition coefficient (Wildman–Crippen LogP) is 3.20. The minimum atomic E-state index is -0.694. The molecule has 26 heavy (non-hydrogen) atoms. The van der Waals surface area contributed by atoms with E-state index in [-0.39, 0.29) is 11.4 Å². The first kappa shape index (κ1) is 17.6. The normalized spacial score (nSPS) is 14.8. The van der Waals surface area contributed by atoms with Crippen molar-refractivity contribution in [3.63, 3.8) is 0 Å². The molecule has 1 aliphatic rings. The number of carbonyl (C=O) groups is 2. The monoisotopic (exact) mass is 354 g/mol. The summed E-state index contributed by atoms with van der Waals surface area (Å²) in [6.07, 6.45) is 2.29. The van der Waals surface area contributed by atoms with Gasteiger partial charge in [0.2, 0.25) is 0 Å². The predicted molar refractivity (Wildman–Crippen MR) is 94.7 cm³/mol. The summed E-state index contributed by atoms with van der Waals surface area (Å²) in [5.41, 5.74) is 0.0440. The van der Waals surface area contributed by atoms with Crippen LogP contribution in [0.4, 0.5) is 11.4 Å². The van der Waals surface area contributed by atoms with Crippen LogP contribution in [-0.2, 0) is 19.7 Å². The molecule has 0 bridgehead atoms. The fourth-order valence-corrected chi connectivity index (χ4v) is 3.09. The summed E-state index contributed by atoms with van der Waals surface area (Å²) in [5, 5.41) is 13.4. The van der Waals surface area contributed by atoms with Crippen LogP contribution >= 0.6 is 0 Å². The smallest absolute Gasteiger partial charge is 0.317 e. The molecule has 7 heteroatoms. The maximum Gasteiger partial charge on any atom is 0.317 e. The zero-order valence-corrected chi connectivity index (χ0v) is 14.0. The van der Waals surface area contributed by atoms with Gasteiger partial charge in [-0.25, -0.2) is 0 Å². The van der Waals surface area contributed by atoms with Gasteiger partial charge in [-0.15, -0.1) is 0 Å². The Bertz CT molecular complexity index is 831. The Hall–Kier alpha value is -3.22. The maximum absolute atomic E-state index is 12.6. The molecule has 0 aromatic heterocycles. The van der Waals surface area contributed by atoms with Gasteiger partial charge in [0.05, 0.1) is 10.3 Å². The number of anilines is 1. The van der Waals surface area contributed by atoms with E-state index in [1.165, 1.54) is 18.2 Å². The van der Waals surface area contributed by atoms with Crippen LogP contribution in [0.5, 0.6) is 0 Å². The molecule has 1 fully saturated rings. The number of nitrogens with zero attached hydrogens (tertiary/aromatic N) is 1. The molecule has 0 radical (unpaired) electrons. The number of hydrogen-bond donors (Lipinski definition) is 1. The molecule has 1 N–H and O–H groups in total. The van der Waals surface area contributed by atoms with E-state index in [2.05, 4.69) is 5.32 Å². The van der Waals surface area contributed by atoms with Crippen molar-refractivity contribution < 1.29 is 19.2 Å². The molecule has 3 rings (SSSR count). The van der Waals surface area contributed by atoms with Crippen LogP contribution in [0.2, 0.25) is 0 Å². The molecule has 0 unspecified atom stereocenters. The third-order valence-electron chi connectivity index (χ3n) is 4.63. The molecule has 0 heterocycles.